The normalized spacial score (nSPS) is 19.4. The fourth-order valence-electron chi connectivity index (χ4n) is 5.55. The number of benzene rings is 1. The molecule has 184 valence electrons. The van der Waals surface area contributed by atoms with E-state index in [1.807, 2.05) is 6.20 Å². The number of aromatic nitrogens is 3. The Labute approximate surface area is 207 Å². The lowest BCUT2D eigenvalue weighted by molar-refractivity contribution is 0.0337. The molecule has 6 rings (SSSR count). The van der Waals surface area contributed by atoms with E-state index in [4.69, 9.17) is 19.4 Å². The predicted molar refractivity (Wildman–Crippen MR) is 136 cm³/mol. The molecule has 35 heavy (non-hydrogen) atoms. The zero-order valence-corrected chi connectivity index (χ0v) is 20.8. The minimum atomic E-state index is 0.480. The molecule has 0 spiro atoms. The maximum absolute atomic E-state index is 6.10. The van der Waals surface area contributed by atoms with Gasteiger partial charge >= 0.3 is 0 Å². The van der Waals surface area contributed by atoms with Gasteiger partial charge in [0, 0.05) is 43.5 Å². The van der Waals surface area contributed by atoms with E-state index in [1.54, 1.807) is 0 Å². The summed E-state index contributed by atoms with van der Waals surface area (Å²) in [4.78, 5) is 14.6. The van der Waals surface area contributed by atoms with Crippen LogP contribution in [0.1, 0.15) is 49.7 Å². The zero-order valence-electron chi connectivity index (χ0n) is 20.8. The number of hydrogen-bond donors (Lipinski definition) is 0. The number of fused-ring (bicyclic) bond motifs is 3. The standard InChI is InChI=1S/C28H35N5O2/c1-20(2)32-9-7-22(8-10-32)21-3-5-23(6-4-21)25-15-27-26(16-29-25)33-18-24(30-28(33)19-35-27)17-31-11-13-34-14-12-31/h3-6,15-16,18,20,22H,7-14,17,19H2,1-2H3. The molecule has 0 aliphatic carbocycles. The molecular weight excluding hydrogens is 438 g/mol. The Bertz CT molecular complexity index is 1160. The summed E-state index contributed by atoms with van der Waals surface area (Å²) in [5.41, 5.74) is 5.55. The van der Waals surface area contributed by atoms with Crippen LogP contribution in [-0.4, -0.2) is 69.8 Å². The van der Waals surface area contributed by atoms with E-state index in [9.17, 15) is 0 Å². The second-order valence-electron chi connectivity index (χ2n) is 10.3. The van der Waals surface area contributed by atoms with Gasteiger partial charge in [-0.1, -0.05) is 24.3 Å². The molecule has 0 unspecified atom stereocenters. The highest BCUT2D eigenvalue weighted by Gasteiger charge is 2.24. The molecule has 0 N–H and O–H groups in total. The molecule has 2 saturated heterocycles. The van der Waals surface area contributed by atoms with Crippen molar-refractivity contribution in [1.29, 1.82) is 0 Å². The van der Waals surface area contributed by atoms with Crippen molar-refractivity contribution < 1.29 is 9.47 Å². The number of ether oxygens (including phenoxy) is 2. The van der Waals surface area contributed by atoms with Gasteiger partial charge in [-0.05, 0) is 51.3 Å². The van der Waals surface area contributed by atoms with Crippen molar-refractivity contribution >= 4 is 0 Å². The molecule has 1 aromatic carbocycles. The van der Waals surface area contributed by atoms with Crippen LogP contribution in [0.5, 0.6) is 5.75 Å². The molecule has 0 bridgehead atoms. The second-order valence-corrected chi connectivity index (χ2v) is 10.3. The number of nitrogens with zero attached hydrogens (tertiary/aromatic N) is 5. The van der Waals surface area contributed by atoms with Gasteiger partial charge in [0.1, 0.15) is 18.0 Å². The molecule has 3 aromatic rings. The molecule has 2 fully saturated rings. The van der Waals surface area contributed by atoms with E-state index in [1.165, 1.54) is 31.5 Å². The first-order valence-electron chi connectivity index (χ1n) is 13.0. The van der Waals surface area contributed by atoms with Crippen LogP contribution in [0.3, 0.4) is 0 Å². The predicted octanol–water partition coefficient (Wildman–Crippen LogP) is 4.25. The Balaban J connectivity index is 1.16. The molecule has 2 aromatic heterocycles. The minimum Gasteiger partial charge on any atom is -0.483 e. The van der Waals surface area contributed by atoms with Crippen LogP contribution in [0.25, 0.3) is 16.9 Å². The Morgan fingerprint density at radius 2 is 1.80 bits per heavy atom. The third-order valence-corrected chi connectivity index (χ3v) is 7.72. The van der Waals surface area contributed by atoms with Crippen molar-refractivity contribution in [3.8, 4) is 22.7 Å². The highest BCUT2D eigenvalue weighted by molar-refractivity contribution is 5.64. The van der Waals surface area contributed by atoms with Gasteiger partial charge in [0.15, 0.2) is 5.82 Å². The van der Waals surface area contributed by atoms with Crippen LogP contribution in [0.2, 0.25) is 0 Å². The summed E-state index contributed by atoms with van der Waals surface area (Å²) in [5, 5.41) is 0. The van der Waals surface area contributed by atoms with Crippen LogP contribution < -0.4 is 4.74 Å². The first-order chi connectivity index (χ1) is 17.1. The third kappa shape index (κ3) is 4.73. The van der Waals surface area contributed by atoms with Crippen LogP contribution in [0, 0.1) is 0 Å². The number of imidazole rings is 1. The molecule has 5 heterocycles. The van der Waals surface area contributed by atoms with Gasteiger partial charge in [-0.15, -0.1) is 0 Å². The second kappa shape index (κ2) is 9.72. The Hall–Kier alpha value is -2.74. The molecule has 7 heteroatoms. The first kappa shape index (κ1) is 22.7. The lowest BCUT2D eigenvalue weighted by Gasteiger charge is -2.34. The summed E-state index contributed by atoms with van der Waals surface area (Å²) in [6.45, 7) is 11.8. The van der Waals surface area contributed by atoms with Crippen molar-refractivity contribution in [2.75, 3.05) is 39.4 Å². The molecule has 0 amide bonds. The largest absolute Gasteiger partial charge is 0.483 e. The maximum Gasteiger partial charge on any atom is 0.151 e. The van der Waals surface area contributed by atoms with Crippen molar-refractivity contribution in [1.82, 2.24) is 24.3 Å². The van der Waals surface area contributed by atoms with Crippen molar-refractivity contribution in [2.24, 2.45) is 0 Å². The quantitative estimate of drug-likeness (QED) is 0.552. The van der Waals surface area contributed by atoms with Gasteiger partial charge in [0.2, 0.25) is 0 Å². The van der Waals surface area contributed by atoms with Gasteiger partial charge in [0.05, 0.1) is 30.8 Å². The maximum atomic E-state index is 6.10. The molecule has 0 saturated carbocycles. The van der Waals surface area contributed by atoms with E-state index in [0.29, 0.717) is 18.6 Å². The van der Waals surface area contributed by atoms with Gasteiger partial charge in [-0.25, -0.2) is 4.98 Å². The average molecular weight is 474 g/mol. The van der Waals surface area contributed by atoms with E-state index in [-0.39, 0.29) is 0 Å². The topological polar surface area (TPSA) is 55.7 Å². The smallest absolute Gasteiger partial charge is 0.151 e. The number of morpholine rings is 1. The summed E-state index contributed by atoms with van der Waals surface area (Å²) < 4.78 is 13.7. The fraction of sp³-hybridized carbons (Fsp3) is 0.500. The highest BCUT2D eigenvalue weighted by Crippen LogP contribution is 2.34. The first-order valence-corrected chi connectivity index (χ1v) is 13.0. The molecule has 0 atom stereocenters. The van der Waals surface area contributed by atoms with Crippen molar-refractivity contribution in [3.63, 3.8) is 0 Å². The summed E-state index contributed by atoms with van der Waals surface area (Å²) >= 11 is 0. The average Bonchev–Trinajstić information content (AvgIpc) is 3.32. The molecule has 7 nitrogen and oxygen atoms in total. The van der Waals surface area contributed by atoms with E-state index in [2.05, 4.69) is 64.7 Å². The Morgan fingerprint density at radius 3 is 2.54 bits per heavy atom. The van der Waals surface area contributed by atoms with Crippen LogP contribution >= 0.6 is 0 Å². The SMILES string of the molecule is CC(C)N1CCC(c2ccc(-c3cc4c(cn3)-n3cc(CN5CCOCC5)nc3CO4)cc2)CC1. The van der Waals surface area contributed by atoms with Crippen molar-refractivity contribution in [2.45, 2.75) is 51.8 Å². The van der Waals surface area contributed by atoms with Crippen molar-refractivity contribution in [3.05, 3.63) is 59.8 Å². The number of hydrogen-bond acceptors (Lipinski definition) is 6. The highest BCUT2D eigenvalue weighted by atomic mass is 16.5. The zero-order chi connectivity index (χ0) is 23.8. The van der Waals surface area contributed by atoms with Gasteiger partial charge in [-0.2, -0.15) is 0 Å². The molecule has 0 radical (unpaired) electrons. The summed E-state index contributed by atoms with van der Waals surface area (Å²) in [7, 11) is 0. The van der Waals surface area contributed by atoms with Crippen LogP contribution in [0.15, 0.2) is 42.7 Å². The molecule has 3 aliphatic heterocycles. The minimum absolute atomic E-state index is 0.480. The van der Waals surface area contributed by atoms with E-state index < -0.39 is 0 Å². The summed E-state index contributed by atoms with van der Waals surface area (Å²) in [5.74, 6) is 2.45. The van der Waals surface area contributed by atoms with Crippen LogP contribution in [0.4, 0.5) is 0 Å². The fourth-order valence-corrected chi connectivity index (χ4v) is 5.55. The van der Waals surface area contributed by atoms with E-state index >= 15 is 0 Å². The van der Waals surface area contributed by atoms with E-state index in [0.717, 1.165) is 67.1 Å². The van der Waals surface area contributed by atoms with Gasteiger partial charge < -0.3 is 14.4 Å². The number of piperidine rings is 1. The van der Waals surface area contributed by atoms with Gasteiger partial charge in [-0.3, -0.25) is 14.5 Å². The Kier molecular flexibility index (Phi) is 6.31. The monoisotopic (exact) mass is 473 g/mol. The molecule has 3 aliphatic rings. The lowest BCUT2D eigenvalue weighted by Crippen LogP contribution is -2.37. The Morgan fingerprint density at radius 1 is 1.03 bits per heavy atom. The summed E-state index contributed by atoms with van der Waals surface area (Å²) in [6, 6.07) is 11.7. The number of rotatable bonds is 5. The number of pyridine rings is 1. The van der Waals surface area contributed by atoms with Gasteiger partial charge in [0.25, 0.3) is 0 Å². The molecular formula is C28H35N5O2. The van der Waals surface area contributed by atoms with Crippen LogP contribution in [-0.2, 0) is 17.9 Å². The third-order valence-electron chi connectivity index (χ3n) is 7.72. The summed E-state index contributed by atoms with van der Waals surface area (Å²) in [6.07, 6.45) is 6.53. The lowest BCUT2D eigenvalue weighted by atomic mass is 9.88. The number of likely N-dealkylation sites (tertiary alicyclic amines) is 1.